The summed E-state index contributed by atoms with van der Waals surface area (Å²) in [6.45, 7) is 5.29. The maximum Gasteiger partial charge on any atom is 0.124 e. The highest BCUT2D eigenvalue weighted by Gasteiger charge is 2.06. The second kappa shape index (κ2) is 3.58. The third-order valence-corrected chi connectivity index (χ3v) is 1.98. The summed E-state index contributed by atoms with van der Waals surface area (Å²) < 4.78 is 6.71. The third kappa shape index (κ3) is 1.58. The van der Waals surface area contributed by atoms with Crippen molar-refractivity contribution in [3.63, 3.8) is 0 Å². The number of nitrogen functional groups attached to an aromatic ring is 1. The lowest BCUT2D eigenvalue weighted by atomic mass is 10.3. The van der Waals surface area contributed by atoms with Gasteiger partial charge in [-0.05, 0) is 13.8 Å². The number of aromatic nitrogens is 2. The minimum absolute atomic E-state index is 0.644. The van der Waals surface area contributed by atoms with Crippen LogP contribution in [-0.2, 0) is 11.3 Å². The van der Waals surface area contributed by atoms with E-state index in [4.69, 9.17) is 10.5 Å². The van der Waals surface area contributed by atoms with Crippen molar-refractivity contribution in [3.8, 4) is 0 Å². The van der Waals surface area contributed by atoms with Gasteiger partial charge in [0.1, 0.15) is 5.82 Å². The van der Waals surface area contributed by atoms with Gasteiger partial charge in [-0.15, -0.1) is 0 Å². The number of methoxy groups -OCH3 is 1. The minimum Gasteiger partial charge on any atom is -0.384 e. The Kier molecular flexibility index (Phi) is 2.70. The van der Waals surface area contributed by atoms with Gasteiger partial charge in [0, 0.05) is 12.7 Å². The molecule has 0 saturated heterocycles. The van der Waals surface area contributed by atoms with Gasteiger partial charge in [0.2, 0.25) is 0 Å². The van der Waals surface area contributed by atoms with Gasteiger partial charge in [-0.1, -0.05) is 0 Å². The molecule has 4 nitrogen and oxygen atoms in total. The molecule has 1 aromatic rings. The molecule has 0 fully saturated rings. The van der Waals surface area contributed by atoms with Crippen LogP contribution in [0.3, 0.4) is 0 Å². The monoisotopic (exact) mass is 169 g/mol. The second-order valence-electron chi connectivity index (χ2n) is 2.81. The predicted molar refractivity (Wildman–Crippen MR) is 48.0 cm³/mol. The van der Waals surface area contributed by atoms with Crippen LogP contribution < -0.4 is 5.73 Å². The van der Waals surface area contributed by atoms with E-state index < -0.39 is 0 Å². The van der Waals surface area contributed by atoms with Crippen LogP contribution in [0.2, 0.25) is 0 Å². The molecule has 12 heavy (non-hydrogen) atoms. The molecule has 0 spiro atoms. The molecule has 2 N–H and O–H groups in total. The molecule has 0 bridgehead atoms. The SMILES string of the molecule is COCCn1nc(C)c(C)c1N. The highest BCUT2D eigenvalue weighted by Crippen LogP contribution is 2.13. The number of nitrogens with zero attached hydrogens (tertiary/aromatic N) is 2. The molecule has 0 saturated carbocycles. The summed E-state index contributed by atoms with van der Waals surface area (Å²) in [5.74, 6) is 0.740. The summed E-state index contributed by atoms with van der Waals surface area (Å²) in [4.78, 5) is 0. The normalized spacial score (nSPS) is 10.6. The van der Waals surface area contributed by atoms with Crippen molar-refractivity contribution >= 4 is 5.82 Å². The number of ether oxygens (including phenoxy) is 1. The number of hydrogen-bond donors (Lipinski definition) is 1. The Labute approximate surface area is 72.3 Å². The van der Waals surface area contributed by atoms with Crippen molar-refractivity contribution in [2.75, 3.05) is 19.5 Å². The van der Waals surface area contributed by atoms with E-state index in [-0.39, 0.29) is 0 Å². The Morgan fingerprint density at radius 1 is 1.50 bits per heavy atom. The van der Waals surface area contributed by atoms with Gasteiger partial charge in [-0.25, -0.2) is 4.68 Å². The van der Waals surface area contributed by atoms with Gasteiger partial charge >= 0.3 is 0 Å². The van der Waals surface area contributed by atoms with Crippen LogP contribution in [0.15, 0.2) is 0 Å². The minimum atomic E-state index is 0.644. The summed E-state index contributed by atoms with van der Waals surface area (Å²) in [5.41, 5.74) is 7.84. The first-order chi connectivity index (χ1) is 5.66. The Bertz CT molecular complexity index is 268. The first-order valence-corrected chi connectivity index (χ1v) is 3.95. The first kappa shape index (κ1) is 9.06. The quantitative estimate of drug-likeness (QED) is 0.725. The lowest BCUT2D eigenvalue weighted by molar-refractivity contribution is 0.184. The lowest BCUT2D eigenvalue weighted by Gasteiger charge is -2.02. The Hall–Kier alpha value is -1.03. The topological polar surface area (TPSA) is 53.1 Å². The molecular weight excluding hydrogens is 154 g/mol. The average molecular weight is 169 g/mol. The molecule has 0 atom stereocenters. The van der Waals surface area contributed by atoms with Crippen LogP contribution in [0.5, 0.6) is 0 Å². The molecule has 4 heteroatoms. The van der Waals surface area contributed by atoms with Crippen LogP contribution >= 0.6 is 0 Å². The number of anilines is 1. The summed E-state index contributed by atoms with van der Waals surface area (Å²) in [6, 6.07) is 0. The van der Waals surface area contributed by atoms with Gasteiger partial charge < -0.3 is 10.5 Å². The third-order valence-electron chi connectivity index (χ3n) is 1.98. The molecule has 0 aromatic carbocycles. The molecular formula is C8H15N3O. The number of rotatable bonds is 3. The van der Waals surface area contributed by atoms with Gasteiger partial charge in [0.15, 0.2) is 0 Å². The molecule has 1 heterocycles. The van der Waals surface area contributed by atoms with Gasteiger partial charge in [-0.3, -0.25) is 0 Å². The smallest absolute Gasteiger partial charge is 0.124 e. The van der Waals surface area contributed by atoms with Crippen molar-refractivity contribution in [2.45, 2.75) is 20.4 Å². The summed E-state index contributed by atoms with van der Waals surface area (Å²) in [7, 11) is 1.67. The Morgan fingerprint density at radius 2 is 2.17 bits per heavy atom. The number of hydrogen-bond acceptors (Lipinski definition) is 3. The molecule has 68 valence electrons. The van der Waals surface area contributed by atoms with Gasteiger partial charge in [-0.2, -0.15) is 5.10 Å². The van der Waals surface area contributed by atoms with Gasteiger partial charge in [0.25, 0.3) is 0 Å². The maximum atomic E-state index is 5.79. The van der Waals surface area contributed by atoms with Crippen molar-refractivity contribution in [3.05, 3.63) is 11.3 Å². The van der Waals surface area contributed by atoms with E-state index in [1.165, 1.54) is 0 Å². The van der Waals surface area contributed by atoms with E-state index >= 15 is 0 Å². The predicted octanol–water partition coefficient (Wildman–Crippen LogP) is 0.729. The van der Waals surface area contributed by atoms with E-state index in [0.717, 1.165) is 23.6 Å². The molecule has 1 rings (SSSR count). The largest absolute Gasteiger partial charge is 0.384 e. The maximum absolute atomic E-state index is 5.79. The summed E-state index contributed by atoms with van der Waals surface area (Å²) in [5, 5.41) is 4.26. The molecule has 0 amide bonds. The first-order valence-electron chi connectivity index (χ1n) is 3.95. The zero-order valence-electron chi connectivity index (χ0n) is 7.79. The molecule has 0 aliphatic carbocycles. The second-order valence-corrected chi connectivity index (χ2v) is 2.81. The van der Waals surface area contributed by atoms with Crippen molar-refractivity contribution in [1.29, 1.82) is 0 Å². The standard InChI is InChI=1S/C8H15N3O/c1-6-7(2)10-11(8(6)9)4-5-12-3/h4-5,9H2,1-3H3. The zero-order valence-corrected chi connectivity index (χ0v) is 7.79. The fourth-order valence-corrected chi connectivity index (χ4v) is 1.04. The van der Waals surface area contributed by atoms with Crippen LogP contribution in [0, 0.1) is 13.8 Å². The van der Waals surface area contributed by atoms with E-state index in [1.807, 2.05) is 13.8 Å². The number of nitrogens with two attached hydrogens (primary N) is 1. The fourth-order valence-electron chi connectivity index (χ4n) is 1.04. The Balaban J connectivity index is 2.79. The van der Waals surface area contributed by atoms with Crippen LogP contribution in [0.1, 0.15) is 11.3 Å². The molecule has 0 unspecified atom stereocenters. The van der Waals surface area contributed by atoms with Crippen LogP contribution in [-0.4, -0.2) is 23.5 Å². The van der Waals surface area contributed by atoms with E-state index in [1.54, 1.807) is 11.8 Å². The number of aryl methyl sites for hydroxylation is 1. The van der Waals surface area contributed by atoms with Gasteiger partial charge in [0.05, 0.1) is 18.8 Å². The lowest BCUT2D eigenvalue weighted by Crippen LogP contribution is -2.09. The fraction of sp³-hybridized carbons (Fsp3) is 0.625. The average Bonchev–Trinajstić information content (AvgIpc) is 2.30. The van der Waals surface area contributed by atoms with Crippen molar-refractivity contribution < 1.29 is 4.74 Å². The van der Waals surface area contributed by atoms with Crippen molar-refractivity contribution in [1.82, 2.24) is 9.78 Å². The summed E-state index contributed by atoms with van der Waals surface area (Å²) >= 11 is 0. The van der Waals surface area contributed by atoms with Crippen molar-refractivity contribution in [2.24, 2.45) is 0 Å². The highest BCUT2D eigenvalue weighted by atomic mass is 16.5. The molecule has 1 aromatic heterocycles. The van der Waals surface area contributed by atoms with E-state index in [0.29, 0.717) is 6.61 Å². The molecule has 0 aliphatic heterocycles. The Morgan fingerprint density at radius 3 is 2.58 bits per heavy atom. The molecule has 0 aliphatic rings. The zero-order chi connectivity index (χ0) is 9.14. The summed E-state index contributed by atoms with van der Waals surface area (Å²) in [6.07, 6.45) is 0. The van der Waals surface area contributed by atoms with Crippen LogP contribution in [0.4, 0.5) is 5.82 Å². The van der Waals surface area contributed by atoms with E-state index in [2.05, 4.69) is 5.10 Å². The highest BCUT2D eigenvalue weighted by molar-refractivity contribution is 5.41. The van der Waals surface area contributed by atoms with Crippen LogP contribution in [0.25, 0.3) is 0 Å². The van der Waals surface area contributed by atoms with E-state index in [9.17, 15) is 0 Å². The molecule has 0 radical (unpaired) electrons.